The molecular weight excluding hydrogens is 412 g/mol. The zero-order valence-electron chi connectivity index (χ0n) is 17.9. The Morgan fingerprint density at radius 3 is 2.72 bits per heavy atom. The van der Waals surface area contributed by atoms with Crippen molar-refractivity contribution in [1.29, 1.82) is 0 Å². The van der Waals surface area contributed by atoms with Crippen LogP contribution in [0.2, 0.25) is 0 Å². The standard InChI is InChI=1S/C23H24N4O5/c1-14-7-8-18(32-2)17(11-14)25-19(28)12-24-20(29)13-27-21(30)23(26-22(27)31)10-9-15-5-3-4-6-16(15)23/h3-8,11H,9-10,12-13H2,1-2H3,(H,24,29)(H,25,28)(H,26,31). The van der Waals surface area contributed by atoms with Gasteiger partial charge in [-0.2, -0.15) is 0 Å². The number of carbonyl (C=O) groups excluding carboxylic acids is 4. The number of methoxy groups -OCH3 is 1. The first-order valence-electron chi connectivity index (χ1n) is 10.3. The lowest BCUT2D eigenvalue weighted by atomic mass is 9.92. The molecule has 0 bridgehead atoms. The van der Waals surface area contributed by atoms with Gasteiger partial charge in [-0.15, -0.1) is 0 Å². The number of carbonyl (C=O) groups is 4. The minimum atomic E-state index is -1.12. The second-order valence-electron chi connectivity index (χ2n) is 7.91. The number of nitrogens with zero attached hydrogens (tertiary/aromatic N) is 1. The van der Waals surface area contributed by atoms with Gasteiger partial charge in [0.15, 0.2) is 0 Å². The first-order valence-corrected chi connectivity index (χ1v) is 10.3. The van der Waals surface area contributed by atoms with Crippen molar-refractivity contribution < 1.29 is 23.9 Å². The van der Waals surface area contributed by atoms with Gasteiger partial charge >= 0.3 is 6.03 Å². The van der Waals surface area contributed by atoms with Crippen LogP contribution in [0, 0.1) is 6.92 Å². The third-order valence-corrected chi connectivity index (χ3v) is 5.80. The van der Waals surface area contributed by atoms with E-state index in [0.29, 0.717) is 24.3 Å². The van der Waals surface area contributed by atoms with Gasteiger partial charge in [0.2, 0.25) is 11.8 Å². The molecule has 0 radical (unpaired) electrons. The van der Waals surface area contributed by atoms with Gasteiger partial charge in [-0.05, 0) is 48.6 Å². The van der Waals surface area contributed by atoms with Crippen LogP contribution in [0.1, 0.15) is 23.1 Å². The van der Waals surface area contributed by atoms with Gasteiger partial charge in [-0.3, -0.25) is 19.3 Å². The Hall–Kier alpha value is -3.88. The third kappa shape index (κ3) is 3.77. The van der Waals surface area contributed by atoms with E-state index in [1.165, 1.54) is 7.11 Å². The summed E-state index contributed by atoms with van der Waals surface area (Å²) in [6.45, 7) is 1.10. The van der Waals surface area contributed by atoms with Crippen molar-refractivity contribution in [1.82, 2.24) is 15.5 Å². The lowest BCUT2D eigenvalue weighted by Gasteiger charge is -2.22. The minimum Gasteiger partial charge on any atom is -0.495 e. The topological polar surface area (TPSA) is 117 Å². The smallest absolute Gasteiger partial charge is 0.325 e. The molecule has 1 aliphatic heterocycles. The number of urea groups is 1. The van der Waals surface area contributed by atoms with Gasteiger partial charge < -0.3 is 20.7 Å². The molecule has 9 nitrogen and oxygen atoms in total. The summed E-state index contributed by atoms with van der Waals surface area (Å²) >= 11 is 0. The zero-order chi connectivity index (χ0) is 22.9. The van der Waals surface area contributed by atoms with E-state index >= 15 is 0 Å². The molecule has 1 spiro atoms. The average Bonchev–Trinajstić information content (AvgIpc) is 3.26. The molecule has 1 heterocycles. The van der Waals surface area contributed by atoms with E-state index in [1.54, 1.807) is 12.1 Å². The molecule has 5 amide bonds. The van der Waals surface area contributed by atoms with Crippen molar-refractivity contribution in [2.75, 3.05) is 25.5 Å². The summed E-state index contributed by atoms with van der Waals surface area (Å²) in [4.78, 5) is 51.1. The van der Waals surface area contributed by atoms with Crippen molar-refractivity contribution in [3.05, 3.63) is 59.2 Å². The van der Waals surface area contributed by atoms with Gasteiger partial charge in [-0.1, -0.05) is 30.3 Å². The summed E-state index contributed by atoms with van der Waals surface area (Å²) in [5, 5.41) is 7.91. The number of benzene rings is 2. The van der Waals surface area contributed by atoms with Crippen molar-refractivity contribution >= 4 is 29.4 Å². The summed E-state index contributed by atoms with van der Waals surface area (Å²) in [5.74, 6) is -1.02. The maximum absolute atomic E-state index is 13.1. The average molecular weight is 436 g/mol. The first-order chi connectivity index (χ1) is 15.3. The van der Waals surface area contributed by atoms with Crippen LogP contribution in [0.5, 0.6) is 5.75 Å². The Balaban J connectivity index is 1.36. The van der Waals surface area contributed by atoms with E-state index in [0.717, 1.165) is 21.6 Å². The molecule has 32 heavy (non-hydrogen) atoms. The summed E-state index contributed by atoms with van der Waals surface area (Å²) in [5.41, 5.74) is 2.09. The Morgan fingerprint density at radius 2 is 1.94 bits per heavy atom. The molecule has 0 aromatic heterocycles. The molecule has 1 aliphatic carbocycles. The second-order valence-corrected chi connectivity index (χ2v) is 7.91. The van der Waals surface area contributed by atoms with Crippen LogP contribution >= 0.6 is 0 Å². The lowest BCUT2D eigenvalue weighted by Crippen LogP contribution is -2.44. The van der Waals surface area contributed by atoms with E-state index in [9.17, 15) is 19.2 Å². The number of ether oxygens (including phenoxy) is 1. The number of nitrogens with one attached hydrogen (secondary N) is 3. The van der Waals surface area contributed by atoms with Crippen molar-refractivity contribution in [3.8, 4) is 5.75 Å². The van der Waals surface area contributed by atoms with Crippen molar-refractivity contribution in [2.24, 2.45) is 0 Å². The normalized spacial score (nSPS) is 19.0. The molecule has 3 N–H and O–H groups in total. The molecule has 9 heteroatoms. The predicted octanol–water partition coefficient (Wildman–Crippen LogP) is 1.45. The van der Waals surface area contributed by atoms with Crippen molar-refractivity contribution in [2.45, 2.75) is 25.3 Å². The van der Waals surface area contributed by atoms with Crippen LogP contribution in [0.4, 0.5) is 10.5 Å². The van der Waals surface area contributed by atoms with Gasteiger partial charge in [0.1, 0.15) is 17.8 Å². The van der Waals surface area contributed by atoms with Crippen LogP contribution in [0.3, 0.4) is 0 Å². The highest BCUT2D eigenvalue weighted by atomic mass is 16.5. The number of amides is 5. The molecule has 1 atom stereocenters. The van der Waals surface area contributed by atoms with E-state index < -0.39 is 35.8 Å². The number of hydrogen-bond donors (Lipinski definition) is 3. The molecule has 4 rings (SSSR count). The largest absolute Gasteiger partial charge is 0.495 e. The minimum absolute atomic E-state index is 0.312. The quantitative estimate of drug-likeness (QED) is 0.593. The fourth-order valence-corrected chi connectivity index (χ4v) is 4.23. The molecule has 2 aromatic carbocycles. The van der Waals surface area contributed by atoms with Crippen LogP contribution in [-0.2, 0) is 26.3 Å². The molecule has 2 aliphatic rings. The number of fused-ring (bicyclic) bond motifs is 2. The van der Waals surface area contributed by atoms with E-state index in [1.807, 2.05) is 37.3 Å². The number of aryl methyl sites for hydroxylation is 2. The molecular formula is C23H24N4O5. The molecule has 1 saturated heterocycles. The van der Waals surface area contributed by atoms with Crippen LogP contribution in [0.25, 0.3) is 0 Å². The maximum atomic E-state index is 13.1. The summed E-state index contributed by atoms with van der Waals surface area (Å²) in [6.07, 6.45) is 1.13. The Morgan fingerprint density at radius 1 is 1.16 bits per heavy atom. The van der Waals surface area contributed by atoms with Crippen LogP contribution in [-0.4, -0.2) is 48.9 Å². The predicted molar refractivity (Wildman–Crippen MR) is 116 cm³/mol. The Kier molecular flexibility index (Phi) is 5.56. The van der Waals surface area contributed by atoms with Crippen LogP contribution < -0.4 is 20.7 Å². The maximum Gasteiger partial charge on any atom is 0.325 e. The molecule has 1 unspecified atom stereocenters. The third-order valence-electron chi connectivity index (χ3n) is 5.80. The van der Waals surface area contributed by atoms with Gasteiger partial charge in [0, 0.05) is 0 Å². The highest BCUT2D eigenvalue weighted by Crippen LogP contribution is 2.41. The first kappa shape index (κ1) is 21.4. The molecule has 2 aromatic rings. The number of imide groups is 1. The fourth-order valence-electron chi connectivity index (χ4n) is 4.23. The SMILES string of the molecule is COc1ccc(C)cc1NC(=O)CNC(=O)CN1C(=O)NC2(CCc3ccccc32)C1=O. The van der Waals surface area contributed by atoms with E-state index in [2.05, 4.69) is 16.0 Å². The highest BCUT2D eigenvalue weighted by molar-refractivity contribution is 6.10. The zero-order valence-corrected chi connectivity index (χ0v) is 17.9. The number of rotatable bonds is 6. The Labute approximate surface area is 185 Å². The van der Waals surface area contributed by atoms with E-state index in [-0.39, 0.29) is 6.54 Å². The Bertz CT molecular complexity index is 1120. The molecule has 1 fully saturated rings. The summed E-state index contributed by atoms with van der Waals surface area (Å²) in [6, 6.07) is 12.2. The lowest BCUT2D eigenvalue weighted by molar-refractivity contribution is -0.135. The van der Waals surface area contributed by atoms with Crippen LogP contribution in [0.15, 0.2) is 42.5 Å². The molecule has 166 valence electrons. The van der Waals surface area contributed by atoms with E-state index in [4.69, 9.17) is 4.74 Å². The van der Waals surface area contributed by atoms with Gasteiger partial charge in [0.25, 0.3) is 5.91 Å². The monoisotopic (exact) mass is 436 g/mol. The van der Waals surface area contributed by atoms with Gasteiger partial charge in [-0.25, -0.2) is 4.79 Å². The summed E-state index contributed by atoms with van der Waals surface area (Å²) in [7, 11) is 1.50. The summed E-state index contributed by atoms with van der Waals surface area (Å²) < 4.78 is 5.22. The fraction of sp³-hybridized carbons (Fsp3) is 0.304. The highest BCUT2D eigenvalue weighted by Gasteiger charge is 2.55. The molecule has 0 saturated carbocycles. The second kappa shape index (κ2) is 8.33. The van der Waals surface area contributed by atoms with Gasteiger partial charge in [0.05, 0.1) is 19.3 Å². The number of hydrogen-bond acceptors (Lipinski definition) is 5. The van der Waals surface area contributed by atoms with Crippen molar-refractivity contribution in [3.63, 3.8) is 0 Å². The number of anilines is 1.